The molecule has 0 spiro atoms. The summed E-state index contributed by atoms with van der Waals surface area (Å²) in [5.41, 5.74) is 0.392. The molecule has 11 heteroatoms. The molecule has 0 radical (unpaired) electrons. The molecule has 0 N–H and O–H groups in total. The van der Waals surface area contributed by atoms with E-state index in [1.54, 1.807) is 30.1 Å². The number of nitro benzene ring substituents is 1. The molecule has 26 heavy (non-hydrogen) atoms. The second-order valence-electron chi connectivity index (χ2n) is 5.41. The highest BCUT2D eigenvalue weighted by atomic mass is 35.5. The van der Waals surface area contributed by atoms with Gasteiger partial charge in [-0.05, 0) is 17.3 Å². The quantitative estimate of drug-likeness (QED) is 0.471. The molecule has 134 valence electrons. The number of nitrogens with zero attached hydrogens (tertiary/aromatic N) is 6. The van der Waals surface area contributed by atoms with Gasteiger partial charge in [0.2, 0.25) is 11.7 Å². The number of aromatic nitrogens is 4. The Kier molecular flexibility index (Phi) is 5.24. The van der Waals surface area contributed by atoms with Crippen molar-refractivity contribution in [1.29, 1.82) is 0 Å². The zero-order valence-corrected chi connectivity index (χ0v) is 15.1. The summed E-state index contributed by atoms with van der Waals surface area (Å²) in [6, 6.07) is 9.57. The maximum Gasteiger partial charge on any atom is 0.270 e. The van der Waals surface area contributed by atoms with Gasteiger partial charge < -0.3 is 4.90 Å². The number of carbonyl (C=O) groups excluding carboxylic acids is 1. The van der Waals surface area contributed by atoms with Crippen molar-refractivity contribution in [2.45, 2.75) is 13.1 Å². The molecule has 3 rings (SSSR count). The van der Waals surface area contributed by atoms with Gasteiger partial charge in [-0.3, -0.25) is 14.9 Å². The Labute approximate surface area is 157 Å². The number of halogens is 1. The van der Waals surface area contributed by atoms with E-state index in [1.165, 1.54) is 23.5 Å². The predicted octanol–water partition coefficient (Wildman–Crippen LogP) is 2.62. The van der Waals surface area contributed by atoms with Gasteiger partial charge in [0.15, 0.2) is 0 Å². The maximum atomic E-state index is 12.3. The molecular weight excluding hydrogens is 380 g/mol. The predicted molar refractivity (Wildman–Crippen MR) is 95.7 cm³/mol. The zero-order chi connectivity index (χ0) is 18.7. The molecule has 0 atom stereocenters. The molecule has 0 fully saturated rings. The largest absolute Gasteiger partial charge is 0.339 e. The average molecular weight is 393 g/mol. The fraction of sp³-hybridized carbons (Fsp3) is 0.200. The molecule has 0 saturated carbocycles. The number of tetrazole rings is 1. The van der Waals surface area contributed by atoms with Crippen LogP contribution in [-0.2, 0) is 17.9 Å². The summed E-state index contributed by atoms with van der Waals surface area (Å²) < 4.78 is 0.667. The number of non-ortho nitro benzene ring substituents is 1. The first-order chi connectivity index (χ1) is 12.4. The van der Waals surface area contributed by atoms with E-state index in [1.807, 2.05) is 6.07 Å². The van der Waals surface area contributed by atoms with Crippen LogP contribution in [0.25, 0.3) is 11.4 Å². The summed E-state index contributed by atoms with van der Waals surface area (Å²) in [6.45, 7) is 0.347. The SMILES string of the molecule is CN(Cc1ccc(Cl)s1)C(=O)Cn1nnc(-c2cccc([N+](=O)[O-])c2)n1. The molecule has 2 heterocycles. The van der Waals surface area contributed by atoms with E-state index in [2.05, 4.69) is 15.4 Å². The molecule has 3 aromatic rings. The molecule has 0 aliphatic rings. The van der Waals surface area contributed by atoms with E-state index < -0.39 is 4.92 Å². The number of likely N-dealkylation sites (N-methyl/N-ethyl adjacent to an activating group) is 1. The fourth-order valence-corrected chi connectivity index (χ4v) is 3.33. The third-order valence-electron chi connectivity index (χ3n) is 3.49. The summed E-state index contributed by atoms with van der Waals surface area (Å²) in [4.78, 5) is 26.3. The van der Waals surface area contributed by atoms with E-state index in [-0.39, 0.29) is 24.0 Å². The van der Waals surface area contributed by atoms with Gasteiger partial charge in [-0.15, -0.1) is 21.5 Å². The smallest absolute Gasteiger partial charge is 0.270 e. The van der Waals surface area contributed by atoms with Crippen molar-refractivity contribution in [3.05, 3.63) is 55.7 Å². The summed E-state index contributed by atoms with van der Waals surface area (Å²) in [7, 11) is 1.67. The van der Waals surface area contributed by atoms with Crippen LogP contribution >= 0.6 is 22.9 Å². The molecule has 0 aliphatic carbocycles. The Balaban J connectivity index is 1.67. The van der Waals surface area contributed by atoms with Crippen molar-refractivity contribution in [3.63, 3.8) is 0 Å². The first-order valence-corrected chi connectivity index (χ1v) is 8.62. The van der Waals surface area contributed by atoms with Gasteiger partial charge in [-0.2, -0.15) is 4.80 Å². The topological polar surface area (TPSA) is 107 Å². The van der Waals surface area contributed by atoms with Gasteiger partial charge in [0.05, 0.1) is 15.8 Å². The molecule has 9 nitrogen and oxygen atoms in total. The summed E-state index contributed by atoms with van der Waals surface area (Å²) >= 11 is 7.30. The van der Waals surface area contributed by atoms with E-state index >= 15 is 0 Å². The van der Waals surface area contributed by atoms with Crippen LogP contribution in [0.5, 0.6) is 0 Å². The van der Waals surface area contributed by atoms with Gasteiger partial charge >= 0.3 is 0 Å². The Morgan fingerprint density at radius 3 is 2.88 bits per heavy atom. The number of thiophene rings is 1. The van der Waals surface area contributed by atoms with Gasteiger partial charge in [0.25, 0.3) is 5.69 Å². The van der Waals surface area contributed by atoms with Crippen LogP contribution in [0.2, 0.25) is 4.34 Å². The molecule has 0 unspecified atom stereocenters. The highest BCUT2D eigenvalue weighted by molar-refractivity contribution is 7.16. The Bertz CT molecular complexity index is 956. The van der Waals surface area contributed by atoms with Gasteiger partial charge in [-0.25, -0.2) is 0 Å². The number of hydrogen-bond donors (Lipinski definition) is 0. The second kappa shape index (κ2) is 7.58. The van der Waals surface area contributed by atoms with Crippen LogP contribution < -0.4 is 0 Å². The zero-order valence-electron chi connectivity index (χ0n) is 13.6. The molecule has 0 aliphatic heterocycles. The lowest BCUT2D eigenvalue weighted by Gasteiger charge is -2.15. The monoisotopic (exact) mass is 392 g/mol. The van der Waals surface area contributed by atoms with E-state index in [4.69, 9.17) is 11.6 Å². The average Bonchev–Trinajstić information content (AvgIpc) is 3.24. The number of nitro groups is 1. The summed E-state index contributed by atoms with van der Waals surface area (Å²) in [5, 5.41) is 22.7. The number of hydrogen-bond acceptors (Lipinski definition) is 7. The fourth-order valence-electron chi connectivity index (χ4n) is 2.18. The highest BCUT2D eigenvalue weighted by Crippen LogP contribution is 2.22. The first kappa shape index (κ1) is 18.0. The first-order valence-electron chi connectivity index (χ1n) is 7.43. The number of rotatable bonds is 6. The molecular formula is C15H13ClN6O3S. The van der Waals surface area contributed by atoms with Crippen molar-refractivity contribution < 1.29 is 9.72 Å². The van der Waals surface area contributed by atoms with E-state index in [9.17, 15) is 14.9 Å². The van der Waals surface area contributed by atoms with Gasteiger partial charge in [-0.1, -0.05) is 23.7 Å². The van der Waals surface area contributed by atoms with Crippen LogP contribution in [0, 0.1) is 10.1 Å². The second-order valence-corrected chi connectivity index (χ2v) is 7.21. The summed E-state index contributed by atoms with van der Waals surface area (Å²) in [6.07, 6.45) is 0. The van der Waals surface area contributed by atoms with Crippen molar-refractivity contribution in [1.82, 2.24) is 25.1 Å². The Hall–Kier alpha value is -2.85. The van der Waals surface area contributed by atoms with E-state index in [0.717, 1.165) is 9.67 Å². The van der Waals surface area contributed by atoms with E-state index in [0.29, 0.717) is 16.4 Å². The lowest BCUT2D eigenvalue weighted by molar-refractivity contribution is -0.384. The van der Waals surface area contributed by atoms with Crippen LogP contribution in [0.1, 0.15) is 4.88 Å². The molecule has 0 saturated heterocycles. The normalized spacial score (nSPS) is 10.7. The lowest BCUT2D eigenvalue weighted by Crippen LogP contribution is -2.30. The Morgan fingerprint density at radius 2 is 2.19 bits per heavy atom. The minimum Gasteiger partial charge on any atom is -0.339 e. The molecule has 1 amide bonds. The minimum absolute atomic E-state index is 0.0655. The van der Waals surface area contributed by atoms with Crippen molar-refractivity contribution in [2.24, 2.45) is 0 Å². The Morgan fingerprint density at radius 1 is 1.38 bits per heavy atom. The third kappa shape index (κ3) is 4.21. The number of benzene rings is 1. The van der Waals surface area contributed by atoms with Crippen LogP contribution in [-0.4, -0.2) is 43.0 Å². The lowest BCUT2D eigenvalue weighted by atomic mass is 10.2. The van der Waals surface area contributed by atoms with Crippen LogP contribution in [0.3, 0.4) is 0 Å². The molecule has 0 bridgehead atoms. The van der Waals surface area contributed by atoms with Crippen LogP contribution in [0.4, 0.5) is 5.69 Å². The van der Waals surface area contributed by atoms with Crippen molar-refractivity contribution >= 4 is 34.5 Å². The van der Waals surface area contributed by atoms with Gasteiger partial charge in [0, 0.05) is 29.6 Å². The number of carbonyl (C=O) groups is 1. The van der Waals surface area contributed by atoms with Crippen molar-refractivity contribution in [3.8, 4) is 11.4 Å². The number of amides is 1. The molecule has 2 aromatic heterocycles. The van der Waals surface area contributed by atoms with Crippen LogP contribution in [0.15, 0.2) is 36.4 Å². The maximum absolute atomic E-state index is 12.3. The standard InChI is InChI=1S/C15H13ClN6O3S/c1-20(8-12-5-6-13(16)26-12)14(23)9-21-18-15(17-19-21)10-3-2-4-11(7-10)22(24)25/h2-7H,8-9H2,1H3. The highest BCUT2D eigenvalue weighted by Gasteiger charge is 2.15. The summed E-state index contributed by atoms with van der Waals surface area (Å²) in [5.74, 6) is 0.0201. The van der Waals surface area contributed by atoms with Gasteiger partial charge in [0.1, 0.15) is 6.54 Å². The third-order valence-corrected chi connectivity index (χ3v) is 4.71. The van der Waals surface area contributed by atoms with Crippen molar-refractivity contribution in [2.75, 3.05) is 7.05 Å². The minimum atomic E-state index is -0.497. The molecule has 1 aromatic carbocycles.